The molecule has 0 saturated carbocycles. The molecule has 20 aromatic carbocycles. The maximum Gasteiger partial charge on any atom is 0.0714 e. The Kier molecular flexibility index (Phi) is 17.2. The number of hydrogen-bond acceptors (Lipinski definition) is 2. The lowest BCUT2D eigenvalue weighted by molar-refractivity contribution is 0.651. The molecular weight excluding hydrogens is 1520 g/mol. The third kappa shape index (κ3) is 11.5. The minimum atomic E-state index is -0.788. The van der Waals surface area contributed by atoms with Crippen LogP contribution in [0.1, 0.15) is 94.5 Å². The van der Waals surface area contributed by atoms with Crippen LogP contribution in [0.15, 0.2) is 461 Å². The summed E-state index contributed by atoms with van der Waals surface area (Å²) in [7, 11) is 0. The third-order valence-electron chi connectivity index (χ3n) is 28.4. The molecule has 0 bridgehead atoms. The summed E-state index contributed by atoms with van der Waals surface area (Å²) in [6.45, 7) is 9.78. The molecule has 24 rings (SSSR count). The third-order valence-corrected chi connectivity index (χ3v) is 28.4. The van der Waals surface area contributed by atoms with Crippen LogP contribution < -0.4 is 9.80 Å². The second-order valence-electron chi connectivity index (χ2n) is 35.7. The lowest BCUT2D eigenvalue weighted by Crippen LogP contribution is -2.30. The molecule has 126 heavy (non-hydrogen) atoms. The predicted molar refractivity (Wildman–Crippen MR) is 528 cm³/mol. The molecule has 0 heterocycles. The largest absolute Gasteiger partial charge is 0.310 e. The van der Waals surface area contributed by atoms with Crippen molar-refractivity contribution in [2.45, 2.75) is 49.4 Å². The highest BCUT2D eigenvalue weighted by atomic mass is 15.2. The van der Waals surface area contributed by atoms with Gasteiger partial charge >= 0.3 is 0 Å². The van der Waals surface area contributed by atoms with Gasteiger partial charge in [0.25, 0.3) is 0 Å². The monoisotopic (exact) mass is 1600 g/mol. The Labute approximate surface area is 737 Å². The lowest BCUT2D eigenvalue weighted by atomic mass is 9.65. The summed E-state index contributed by atoms with van der Waals surface area (Å²) >= 11 is 0. The molecule has 1 unspecified atom stereocenters. The van der Waals surface area contributed by atoms with E-state index < -0.39 is 10.8 Å². The van der Waals surface area contributed by atoms with Crippen molar-refractivity contribution in [2.24, 2.45) is 0 Å². The summed E-state index contributed by atoms with van der Waals surface area (Å²) in [4.78, 5) is 5.00. The normalized spacial score (nSPS) is 14.7. The smallest absolute Gasteiger partial charge is 0.0714 e. The maximum absolute atomic E-state index is 2.63. The van der Waals surface area contributed by atoms with Crippen LogP contribution in [-0.4, -0.2) is 0 Å². The zero-order chi connectivity index (χ0) is 84.0. The minimum absolute atomic E-state index is 0.256. The lowest BCUT2D eigenvalue weighted by Gasteiger charge is -2.37. The Morgan fingerprint density at radius 3 is 0.905 bits per heavy atom. The van der Waals surface area contributed by atoms with Gasteiger partial charge < -0.3 is 9.80 Å². The van der Waals surface area contributed by atoms with Crippen molar-refractivity contribution in [1.82, 2.24) is 0 Å². The summed E-state index contributed by atoms with van der Waals surface area (Å²) in [5.74, 6) is 0. The van der Waals surface area contributed by atoms with Crippen LogP contribution in [0.2, 0.25) is 0 Å². The van der Waals surface area contributed by atoms with Crippen molar-refractivity contribution >= 4 is 55.7 Å². The van der Waals surface area contributed by atoms with E-state index in [0.717, 1.165) is 56.4 Å². The summed E-state index contributed by atoms with van der Waals surface area (Å²) < 4.78 is 0. The zero-order valence-corrected chi connectivity index (χ0v) is 70.8. The van der Waals surface area contributed by atoms with Crippen LogP contribution in [-0.2, 0) is 21.7 Å². The van der Waals surface area contributed by atoms with E-state index >= 15 is 0 Å². The molecule has 0 N–H and O–H groups in total. The van der Waals surface area contributed by atoms with E-state index in [-0.39, 0.29) is 10.8 Å². The first-order valence-corrected chi connectivity index (χ1v) is 44.2. The standard InChI is InChI=1S/C124H88N2/c1-121(2)111-45-25-21-43-103(111)105-67-59-95(77-115(105)121)124(113-46-26-22-44-104(113)106-69-65-99(79-117(106)124)125(97-61-51-85(52-62-97)81-29-9-5-10-30-81)119-47-27-23-41-101(119)87-35-13-7-14-36-87)96-60-68-107-109-75-91(55-71-112(109)122(3,4)116(107)78-96)92-56-72-114-110(76-92)108-70-66-100(80-118(108)123(114,93-57-49-83-33-17-19-39-89(83)73-93)94-58-50-84-34-18-20-40-90(84)74-94)126(98-63-53-86(54-64-98)82-31-11-6-12-32-82)120-48-28-24-42-102(120)88-37-15-8-16-38-88/h5-80H,1-4H3. The molecule has 0 spiro atoms. The van der Waals surface area contributed by atoms with E-state index in [0.29, 0.717) is 0 Å². The van der Waals surface area contributed by atoms with Gasteiger partial charge in [0.2, 0.25) is 0 Å². The Hall–Kier alpha value is -15.5. The Morgan fingerprint density at radius 1 is 0.151 bits per heavy atom. The summed E-state index contributed by atoms with van der Waals surface area (Å²) in [5, 5.41) is 4.82. The topological polar surface area (TPSA) is 6.48 Å². The highest BCUT2D eigenvalue weighted by Crippen LogP contribution is 2.64. The van der Waals surface area contributed by atoms with Crippen molar-refractivity contribution in [1.29, 1.82) is 0 Å². The first-order chi connectivity index (χ1) is 62.0. The first kappa shape index (κ1) is 74.4. The first-order valence-electron chi connectivity index (χ1n) is 44.2. The van der Waals surface area contributed by atoms with Crippen molar-refractivity contribution < 1.29 is 0 Å². The molecule has 0 amide bonds. The number of hydrogen-bond donors (Lipinski definition) is 0. The van der Waals surface area contributed by atoms with E-state index in [1.165, 1.54) is 166 Å². The van der Waals surface area contributed by atoms with Crippen molar-refractivity contribution in [3.63, 3.8) is 0 Å². The number of benzene rings is 20. The van der Waals surface area contributed by atoms with Gasteiger partial charge in [0.1, 0.15) is 0 Å². The van der Waals surface area contributed by atoms with Gasteiger partial charge in [-0.3, -0.25) is 0 Å². The molecule has 4 aliphatic carbocycles. The number of para-hydroxylation sites is 2. The Balaban J connectivity index is 0.691. The van der Waals surface area contributed by atoms with Crippen molar-refractivity contribution in [3.8, 4) is 100 Å². The Bertz CT molecular complexity index is 7670. The number of nitrogens with zero attached hydrogens (tertiary/aromatic N) is 2. The van der Waals surface area contributed by atoms with Crippen LogP contribution in [0.4, 0.5) is 34.1 Å². The summed E-state index contributed by atoms with van der Waals surface area (Å²) in [6.07, 6.45) is 0. The van der Waals surface area contributed by atoms with Crippen molar-refractivity contribution in [2.75, 3.05) is 9.80 Å². The molecule has 1 atom stereocenters. The molecule has 0 fully saturated rings. The second-order valence-corrected chi connectivity index (χ2v) is 35.7. The van der Waals surface area contributed by atoms with Crippen LogP contribution in [0.25, 0.3) is 122 Å². The number of rotatable bonds is 15. The fourth-order valence-electron chi connectivity index (χ4n) is 22.4. The summed E-state index contributed by atoms with van der Waals surface area (Å²) in [6, 6.07) is 175. The second kappa shape index (κ2) is 29.1. The van der Waals surface area contributed by atoms with E-state index in [9.17, 15) is 0 Å². The average molecular weight is 1610 g/mol. The molecule has 0 radical (unpaired) electrons. The molecule has 0 aromatic heterocycles. The van der Waals surface area contributed by atoms with Crippen LogP contribution in [0.5, 0.6) is 0 Å². The van der Waals surface area contributed by atoms with Crippen LogP contribution >= 0.6 is 0 Å². The highest BCUT2D eigenvalue weighted by Gasteiger charge is 2.51. The molecule has 0 aliphatic heterocycles. The van der Waals surface area contributed by atoms with Crippen LogP contribution in [0, 0.1) is 0 Å². The molecule has 20 aromatic rings. The van der Waals surface area contributed by atoms with E-state index in [4.69, 9.17) is 0 Å². The number of fused-ring (bicyclic) bond motifs is 14. The fourth-order valence-corrected chi connectivity index (χ4v) is 22.4. The van der Waals surface area contributed by atoms with Gasteiger partial charge in [-0.1, -0.05) is 404 Å². The van der Waals surface area contributed by atoms with E-state index in [2.05, 4.69) is 499 Å². The van der Waals surface area contributed by atoms with Gasteiger partial charge in [-0.05, 0) is 262 Å². The molecule has 2 heteroatoms. The number of anilines is 6. The fraction of sp³-hybridized carbons (Fsp3) is 0.0645. The van der Waals surface area contributed by atoms with E-state index in [1.54, 1.807) is 0 Å². The van der Waals surface area contributed by atoms with Gasteiger partial charge in [0.15, 0.2) is 0 Å². The molecule has 594 valence electrons. The van der Waals surface area contributed by atoms with Gasteiger partial charge in [-0.25, -0.2) is 0 Å². The van der Waals surface area contributed by atoms with Gasteiger partial charge in [0, 0.05) is 44.7 Å². The minimum Gasteiger partial charge on any atom is -0.310 e. The Morgan fingerprint density at radius 2 is 0.437 bits per heavy atom. The maximum atomic E-state index is 2.63. The van der Waals surface area contributed by atoms with Gasteiger partial charge in [-0.2, -0.15) is 0 Å². The van der Waals surface area contributed by atoms with Crippen LogP contribution in [0.3, 0.4) is 0 Å². The zero-order valence-electron chi connectivity index (χ0n) is 70.8. The highest BCUT2D eigenvalue weighted by molar-refractivity contribution is 6.00. The molecular formula is C124H88N2. The summed E-state index contributed by atoms with van der Waals surface area (Å²) in [5.41, 5.74) is 41.3. The molecule has 4 aliphatic rings. The average Bonchev–Trinajstić information content (AvgIpc) is 1.53. The van der Waals surface area contributed by atoms with E-state index in [1.807, 2.05) is 0 Å². The van der Waals surface area contributed by atoms with Crippen molar-refractivity contribution in [3.05, 3.63) is 528 Å². The van der Waals surface area contributed by atoms with Gasteiger partial charge in [-0.15, -0.1) is 0 Å². The quantitative estimate of drug-likeness (QED) is 0.101. The SMILES string of the molecule is CC1(C)c2ccccc2-c2ccc(C3(c4ccc5c(c4)C(C)(C)c4ccc(-c6ccc7c(c6)-c6ccc(N(c8ccc(-c9ccccc9)cc8)c8ccccc8-c8ccccc8)cc6C7(c6ccc7ccccc7c6)c6ccc7ccccc7c6)cc4-5)c4ccccc4-c4ccc(N(c5ccc(-c6ccccc6)cc5)c5ccccc5-c5ccccc5)cc43)cc21. The molecule has 2 nitrogen and oxygen atoms in total. The molecule has 0 saturated heterocycles. The van der Waals surface area contributed by atoms with Gasteiger partial charge in [0.05, 0.1) is 22.2 Å². The predicted octanol–water partition coefficient (Wildman–Crippen LogP) is 32.6.